The van der Waals surface area contributed by atoms with Gasteiger partial charge >= 0.3 is 0 Å². The summed E-state index contributed by atoms with van der Waals surface area (Å²) in [5.74, 6) is 0.927. The van der Waals surface area contributed by atoms with E-state index in [1.807, 2.05) is 11.0 Å². The van der Waals surface area contributed by atoms with Gasteiger partial charge in [0.05, 0.1) is 17.9 Å². The smallest absolute Gasteiger partial charge is 0.226 e. The molecule has 1 amide bonds. The minimum Gasteiger partial charge on any atom is -0.395 e. The standard InChI is InChI=1S/C20H26N2O3S/c23-11-16-19(26-12-21-16)18(24)17-6-3-9-22(17)20(25)15-8-7-13-4-1-2-5-14(13)10-15/h1-2,4-5,15-17,19,21,23H,3,6-12H2/t15-,16+,17-,19?/m0/s1. The highest BCUT2D eigenvalue weighted by Crippen LogP contribution is 2.32. The van der Waals surface area contributed by atoms with Gasteiger partial charge in [0, 0.05) is 24.4 Å². The van der Waals surface area contributed by atoms with Gasteiger partial charge in [-0.05, 0) is 43.2 Å². The molecule has 2 saturated heterocycles. The van der Waals surface area contributed by atoms with Crippen LogP contribution in [0.25, 0.3) is 0 Å². The van der Waals surface area contributed by atoms with Gasteiger partial charge in [0.2, 0.25) is 5.91 Å². The molecule has 2 aliphatic heterocycles. The molecule has 0 spiro atoms. The van der Waals surface area contributed by atoms with E-state index in [-0.39, 0.29) is 41.5 Å². The van der Waals surface area contributed by atoms with Crippen LogP contribution in [0.15, 0.2) is 24.3 Å². The maximum absolute atomic E-state index is 13.2. The summed E-state index contributed by atoms with van der Waals surface area (Å²) in [6.07, 6.45) is 4.23. The molecule has 1 aromatic carbocycles. The summed E-state index contributed by atoms with van der Waals surface area (Å²) in [7, 11) is 0. The summed E-state index contributed by atoms with van der Waals surface area (Å²) in [6.45, 7) is 0.644. The Labute approximate surface area is 158 Å². The number of nitrogens with one attached hydrogen (secondary N) is 1. The zero-order valence-corrected chi connectivity index (χ0v) is 15.7. The number of hydrogen-bond donors (Lipinski definition) is 2. The summed E-state index contributed by atoms with van der Waals surface area (Å²) in [5.41, 5.74) is 2.62. The van der Waals surface area contributed by atoms with Crippen molar-refractivity contribution in [1.29, 1.82) is 0 Å². The highest BCUT2D eigenvalue weighted by atomic mass is 32.2. The number of nitrogens with zero attached hydrogens (tertiary/aromatic N) is 1. The fourth-order valence-corrected chi connectivity index (χ4v) is 5.79. The Morgan fingerprint density at radius 3 is 2.85 bits per heavy atom. The maximum atomic E-state index is 13.2. The van der Waals surface area contributed by atoms with Gasteiger partial charge in [0.15, 0.2) is 5.78 Å². The van der Waals surface area contributed by atoms with E-state index in [1.165, 1.54) is 11.1 Å². The van der Waals surface area contributed by atoms with Gasteiger partial charge in [-0.25, -0.2) is 0 Å². The Morgan fingerprint density at radius 1 is 1.23 bits per heavy atom. The molecule has 0 saturated carbocycles. The summed E-state index contributed by atoms with van der Waals surface area (Å²) in [4.78, 5) is 28.1. The monoisotopic (exact) mass is 374 g/mol. The molecule has 2 N–H and O–H groups in total. The quantitative estimate of drug-likeness (QED) is 0.833. The van der Waals surface area contributed by atoms with Crippen molar-refractivity contribution < 1.29 is 14.7 Å². The first-order chi connectivity index (χ1) is 12.7. The fraction of sp³-hybridized carbons (Fsp3) is 0.600. The van der Waals surface area contributed by atoms with Crippen LogP contribution < -0.4 is 5.32 Å². The average molecular weight is 375 g/mol. The van der Waals surface area contributed by atoms with Crippen molar-refractivity contribution in [3.63, 3.8) is 0 Å². The molecule has 26 heavy (non-hydrogen) atoms. The molecule has 3 aliphatic rings. The first kappa shape index (κ1) is 18.0. The van der Waals surface area contributed by atoms with Gasteiger partial charge in [-0.2, -0.15) is 0 Å². The number of aryl methyl sites for hydroxylation is 1. The summed E-state index contributed by atoms with van der Waals surface area (Å²) in [6, 6.07) is 7.86. The third-order valence-corrected chi connectivity index (χ3v) is 7.26. The third kappa shape index (κ3) is 3.30. The summed E-state index contributed by atoms with van der Waals surface area (Å²) >= 11 is 1.55. The van der Waals surface area contributed by atoms with Crippen LogP contribution in [0.4, 0.5) is 0 Å². The zero-order valence-electron chi connectivity index (χ0n) is 14.9. The van der Waals surface area contributed by atoms with Crippen molar-refractivity contribution in [2.45, 2.75) is 49.4 Å². The van der Waals surface area contributed by atoms with E-state index in [9.17, 15) is 14.7 Å². The number of Topliss-reactive ketones (excluding diaryl/α,β-unsaturated/α-hetero) is 1. The second-order valence-electron chi connectivity index (χ2n) is 7.53. The van der Waals surface area contributed by atoms with Crippen molar-refractivity contribution in [3.8, 4) is 0 Å². The molecule has 0 aromatic heterocycles. The van der Waals surface area contributed by atoms with E-state index >= 15 is 0 Å². The zero-order chi connectivity index (χ0) is 18.1. The number of hydrogen-bond acceptors (Lipinski definition) is 5. The third-order valence-electron chi connectivity index (χ3n) is 6.01. The van der Waals surface area contributed by atoms with Crippen LogP contribution in [-0.4, -0.2) is 58.1 Å². The molecule has 1 unspecified atom stereocenters. The van der Waals surface area contributed by atoms with E-state index < -0.39 is 0 Å². The Kier molecular flexibility index (Phi) is 5.34. The number of carbonyl (C=O) groups excluding carboxylic acids is 2. The largest absolute Gasteiger partial charge is 0.395 e. The number of likely N-dealkylation sites (tertiary alicyclic amines) is 1. The Bertz CT molecular complexity index is 695. The van der Waals surface area contributed by atoms with Crippen molar-refractivity contribution in [1.82, 2.24) is 10.2 Å². The van der Waals surface area contributed by atoms with Crippen LogP contribution in [-0.2, 0) is 22.4 Å². The molecule has 5 nitrogen and oxygen atoms in total. The molecule has 0 radical (unpaired) electrons. The molecule has 2 heterocycles. The molecular weight excluding hydrogens is 348 g/mol. The van der Waals surface area contributed by atoms with Gasteiger partial charge in [0.25, 0.3) is 0 Å². The molecule has 4 atom stereocenters. The van der Waals surface area contributed by atoms with E-state index in [0.29, 0.717) is 12.4 Å². The Hall–Kier alpha value is -1.37. The van der Waals surface area contributed by atoms with E-state index in [2.05, 4.69) is 23.5 Å². The van der Waals surface area contributed by atoms with Crippen LogP contribution in [0.2, 0.25) is 0 Å². The van der Waals surface area contributed by atoms with Gasteiger partial charge in [-0.15, -0.1) is 11.8 Å². The van der Waals surface area contributed by atoms with Gasteiger partial charge < -0.3 is 15.3 Å². The first-order valence-corrected chi connectivity index (χ1v) is 10.6. The number of aliphatic hydroxyl groups is 1. The van der Waals surface area contributed by atoms with Gasteiger partial charge in [-0.1, -0.05) is 24.3 Å². The lowest BCUT2D eigenvalue weighted by atomic mass is 9.83. The molecule has 4 rings (SSSR count). The molecule has 0 bridgehead atoms. The lowest BCUT2D eigenvalue weighted by Crippen LogP contribution is -2.50. The average Bonchev–Trinajstić information content (AvgIpc) is 3.35. The number of fused-ring (bicyclic) bond motifs is 1. The Balaban J connectivity index is 1.46. The van der Waals surface area contributed by atoms with Crippen molar-refractivity contribution >= 4 is 23.5 Å². The van der Waals surface area contributed by atoms with Crippen molar-refractivity contribution in [3.05, 3.63) is 35.4 Å². The number of rotatable bonds is 4. The molecule has 1 aliphatic carbocycles. The predicted octanol–water partition coefficient (Wildman–Crippen LogP) is 1.37. The number of aliphatic hydroxyl groups excluding tert-OH is 1. The van der Waals surface area contributed by atoms with Crippen molar-refractivity contribution in [2.24, 2.45) is 5.92 Å². The second-order valence-corrected chi connectivity index (χ2v) is 8.66. The molecular formula is C20H26N2O3S. The molecule has 1 aromatic rings. The van der Waals surface area contributed by atoms with Crippen LogP contribution in [0.1, 0.15) is 30.4 Å². The highest BCUT2D eigenvalue weighted by molar-refractivity contribution is 8.00. The molecule has 6 heteroatoms. The lowest BCUT2D eigenvalue weighted by molar-refractivity contribution is -0.141. The number of amides is 1. The van der Waals surface area contributed by atoms with Gasteiger partial charge in [0.1, 0.15) is 0 Å². The summed E-state index contributed by atoms with van der Waals surface area (Å²) in [5, 5.41) is 12.4. The second kappa shape index (κ2) is 7.71. The minimum absolute atomic E-state index is 0.0127. The van der Waals surface area contributed by atoms with Crippen LogP contribution in [0, 0.1) is 5.92 Å². The minimum atomic E-state index is -0.314. The SMILES string of the molecule is O=C(C1SCN[C@@H]1CO)[C@@H]1CCCN1C(=O)[C@H]1CCc2ccccc2C1. The Morgan fingerprint density at radius 2 is 2.04 bits per heavy atom. The lowest BCUT2D eigenvalue weighted by Gasteiger charge is -2.32. The van der Waals surface area contributed by atoms with Crippen LogP contribution in [0.5, 0.6) is 0 Å². The van der Waals surface area contributed by atoms with E-state index in [4.69, 9.17) is 0 Å². The molecule has 2 fully saturated rings. The maximum Gasteiger partial charge on any atom is 0.226 e. The van der Waals surface area contributed by atoms with E-state index in [1.54, 1.807) is 11.8 Å². The number of ketones is 1. The van der Waals surface area contributed by atoms with Crippen LogP contribution >= 0.6 is 11.8 Å². The number of carbonyl (C=O) groups is 2. The highest BCUT2D eigenvalue weighted by Gasteiger charge is 2.43. The van der Waals surface area contributed by atoms with Crippen LogP contribution in [0.3, 0.4) is 0 Å². The number of thioether (sulfide) groups is 1. The topological polar surface area (TPSA) is 69.6 Å². The normalized spacial score (nSPS) is 31.0. The number of benzene rings is 1. The summed E-state index contributed by atoms with van der Waals surface area (Å²) < 4.78 is 0. The van der Waals surface area contributed by atoms with E-state index in [0.717, 1.165) is 32.1 Å². The first-order valence-electron chi connectivity index (χ1n) is 9.56. The fourth-order valence-electron chi connectivity index (χ4n) is 4.57. The van der Waals surface area contributed by atoms with Gasteiger partial charge in [-0.3, -0.25) is 9.59 Å². The van der Waals surface area contributed by atoms with Crippen molar-refractivity contribution in [2.75, 3.05) is 19.0 Å². The predicted molar refractivity (Wildman–Crippen MR) is 102 cm³/mol. The molecule has 140 valence electrons.